The summed E-state index contributed by atoms with van der Waals surface area (Å²) >= 11 is 0. The number of nitrogens with one attached hydrogen (secondary N) is 1. The Hall–Kier alpha value is -1.58. The van der Waals surface area contributed by atoms with Crippen LogP contribution in [-0.2, 0) is 0 Å². The molecule has 94 valence electrons. The summed E-state index contributed by atoms with van der Waals surface area (Å²) in [6.45, 7) is 9.52. The lowest BCUT2D eigenvalue weighted by atomic mass is 10.3. The fourth-order valence-electron chi connectivity index (χ4n) is 1.52. The van der Waals surface area contributed by atoms with Crippen molar-refractivity contribution in [1.82, 2.24) is 9.97 Å². The van der Waals surface area contributed by atoms with E-state index >= 15 is 0 Å². The first kappa shape index (κ1) is 13.5. The third kappa shape index (κ3) is 4.43. The number of aryl methyl sites for hydroxylation is 1. The molecule has 0 bridgehead atoms. The van der Waals surface area contributed by atoms with Crippen LogP contribution >= 0.6 is 0 Å². The lowest BCUT2D eigenvalue weighted by Crippen LogP contribution is -2.20. The zero-order chi connectivity index (χ0) is 12.7. The Bertz CT molecular complexity index is 362. The molecule has 1 aromatic heterocycles. The van der Waals surface area contributed by atoms with E-state index in [2.05, 4.69) is 40.7 Å². The predicted molar refractivity (Wildman–Crippen MR) is 73.6 cm³/mol. The number of rotatable bonds is 7. The van der Waals surface area contributed by atoms with Gasteiger partial charge in [-0.05, 0) is 13.3 Å². The highest BCUT2D eigenvalue weighted by Gasteiger charge is 2.05. The van der Waals surface area contributed by atoms with Gasteiger partial charge in [-0.25, -0.2) is 9.97 Å². The second kappa shape index (κ2) is 6.89. The van der Waals surface area contributed by atoms with Gasteiger partial charge in [-0.3, -0.25) is 0 Å². The molecule has 0 atom stereocenters. The van der Waals surface area contributed by atoms with Gasteiger partial charge in [0.25, 0.3) is 0 Å². The van der Waals surface area contributed by atoms with E-state index in [9.17, 15) is 0 Å². The van der Waals surface area contributed by atoms with Crippen molar-refractivity contribution in [3.05, 3.63) is 24.5 Å². The topological polar surface area (TPSA) is 41.0 Å². The van der Waals surface area contributed by atoms with E-state index in [1.165, 1.54) is 12.8 Å². The maximum atomic E-state index is 4.44. The van der Waals surface area contributed by atoms with Crippen molar-refractivity contribution in [2.75, 3.05) is 30.4 Å². The van der Waals surface area contributed by atoms with Crippen LogP contribution in [0.2, 0.25) is 0 Å². The maximum Gasteiger partial charge on any atom is 0.134 e. The molecule has 0 saturated carbocycles. The van der Waals surface area contributed by atoms with Crippen molar-refractivity contribution in [2.24, 2.45) is 0 Å². The summed E-state index contributed by atoms with van der Waals surface area (Å²) in [5.74, 6) is 2.62. The molecule has 4 heteroatoms. The standard InChI is InChI=1S/C13H22N4/c1-5-7-9-17(4)13-10-12(14-8-6-2)15-11(3)16-13/h6,10H,2,5,7-9H2,1,3-4H3,(H,14,15,16). The average molecular weight is 234 g/mol. The second-order valence-corrected chi connectivity index (χ2v) is 4.10. The predicted octanol–water partition coefficient (Wildman–Crippen LogP) is 2.62. The SMILES string of the molecule is C=CCNc1cc(N(C)CCCC)nc(C)n1. The van der Waals surface area contributed by atoms with Crippen LogP contribution in [0.3, 0.4) is 0 Å². The van der Waals surface area contributed by atoms with E-state index in [0.717, 1.165) is 24.0 Å². The fraction of sp³-hybridized carbons (Fsp3) is 0.538. The Morgan fingerprint density at radius 3 is 2.88 bits per heavy atom. The summed E-state index contributed by atoms with van der Waals surface area (Å²) in [5, 5.41) is 3.19. The lowest BCUT2D eigenvalue weighted by Gasteiger charge is -2.18. The quantitative estimate of drug-likeness (QED) is 0.736. The summed E-state index contributed by atoms with van der Waals surface area (Å²) in [6.07, 6.45) is 4.18. The van der Waals surface area contributed by atoms with Crippen molar-refractivity contribution in [3.63, 3.8) is 0 Å². The molecule has 1 N–H and O–H groups in total. The molecule has 0 saturated heterocycles. The first-order valence-corrected chi connectivity index (χ1v) is 6.09. The summed E-state index contributed by atoms with van der Waals surface area (Å²) in [6, 6.07) is 1.98. The zero-order valence-corrected chi connectivity index (χ0v) is 11.0. The normalized spacial score (nSPS) is 10.1. The minimum Gasteiger partial charge on any atom is -0.366 e. The smallest absolute Gasteiger partial charge is 0.134 e. The van der Waals surface area contributed by atoms with Gasteiger partial charge in [-0.2, -0.15) is 0 Å². The number of aromatic nitrogens is 2. The average Bonchev–Trinajstić information content (AvgIpc) is 2.32. The monoisotopic (exact) mass is 234 g/mol. The van der Waals surface area contributed by atoms with Crippen LogP contribution in [0.1, 0.15) is 25.6 Å². The molecule has 1 heterocycles. The fourth-order valence-corrected chi connectivity index (χ4v) is 1.52. The van der Waals surface area contributed by atoms with Gasteiger partial charge in [-0.1, -0.05) is 19.4 Å². The Kier molecular flexibility index (Phi) is 5.46. The molecule has 1 aromatic rings. The maximum absolute atomic E-state index is 4.44. The zero-order valence-electron chi connectivity index (χ0n) is 11.0. The Labute approximate surface area is 104 Å². The first-order chi connectivity index (χ1) is 8.17. The lowest BCUT2D eigenvalue weighted by molar-refractivity contribution is 0.756. The summed E-state index contributed by atoms with van der Waals surface area (Å²) in [7, 11) is 2.06. The van der Waals surface area contributed by atoms with Crippen LogP contribution in [0.5, 0.6) is 0 Å². The van der Waals surface area contributed by atoms with Crippen LogP contribution in [-0.4, -0.2) is 30.1 Å². The first-order valence-electron chi connectivity index (χ1n) is 6.09. The number of hydrogen-bond donors (Lipinski definition) is 1. The number of anilines is 2. The van der Waals surface area contributed by atoms with Crippen molar-refractivity contribution < 1.29 is 0 Å². The molecule has 0 amide bonds. The molecule has 0 aromatic carbocycles. The van der Waals surface area contributed by atoms with Crippen molar-refractivity contribution >= 4 is 11.6 Å². The van der Waals surface area contributed by atoms with Gasteiger partial charge in [0.1, 0.15) is 17.5 Å². The molecule has 0 fully saturated rings. The van der Waals surface area contributed by atoms with Crippen LogP contribution < -0.4 is 10.2 Å². The van der Waals surface area contributed by atoms with E-state index in [1.807, 2.05) is 19.1 Å². The number of hydrogen-bond acceptors (Lipinski definition) is 4. The third-order valence-electron chi connectivity index (χ3n) is 2.49. The second-order valence-electron chi connectivity index (χ2n) is 4.10. The molecular weight excluding hydrogens is 212 g/mol. The summed E-state index contributed by atoms with van der Waals surface area (Å²) in [5.41, 5.74) is 0. The Morgan fingerprint density at radius 1 is 1.47 bits per heavy atom. The molecule has 0 aliphatic rings. The van der Waals surface area contributed by atoms with Crippen molar-refractivity contribution in [2.45, 2.75) is 26.7 Å². The highest BCUT2D eigenvalue weighted by molar-refractivity contribution is 5.49. The van der Waals surface area contributed by atoms with E-state index in [4.69, 9.17) is 0 Å². The molecule has 0 aliphatic carbocycles. The highest BCUT2D eigenvalue weighted by Crippen LogP contribution is 2.14. The van der Waals surface area contributed by atoms with Gasteiger partial charge < -0.3 is 10.2 Å². The van der Waals surface area contributed by atoms with Crippen LogP contribution in [0.25, 0.3) is 0 Å². The van der Waals surface area contributed by atoms with E-state index in [1.54, 1.807) is 0 Å². The largest absolute Gasteiger partial charge is 0.366 e. The third-order valence-corrected chi connectivity index (χ3v) is 2.49. The van der Waals surface area contributed by atoms with E-state index < -0.39 is 0 Å². The summed E-state index contributed by atoms with van der Waals surface area (Å²) < 4.78 is 0. The Morgan fingerprint density at radius 2 is 2.24 bits per heavy atom. The molecule has 1 rings (SSSR count). The van der Waals surface area contributed by atoms with Gasteiger partial charge in [-0.15, -0.1) is 6.58 Å². The van der Waals surface area contributed by atoms with Crippen LogP contribution in [0.15, 0.2) is 18.7 Å². The molecular formula is C13H22N4. The van der Waals surface area contributed by atoms with Gasteiger partial charge >= 0.3 is 0 Å². The highest BCUT2D eigenvalue weighted by atomic mass is 15.2. The molecule has 0 radical (unpaired) electrons. The molecule has 0 aliphatic heterocycles. The number of nitrogens with zero attached hydrogens (tertiary/aromatic N) is 3. The van der Waals surface area contributed by atoms with Gasteiger partial charge in [0.2, 0.25) is 0 Å². The van der Waals surface area contributed by atoms with Gasteiger partial charge in [0.05, 0.1) is 0 Å². The minimum atomic E-state index is 0.717. The van der Waals surface area contributed by atoms with E-state index in [0.29, 0.717) is 6.54 Å². The summed E-state index contributed by atoms with van der Waals surface area (Å²) in [4.78, 5) is 10.9. The van der Waals surface area contributed by atoms with Crippen LogP contribution in [0, 0.1) is 6.92 Å². The minimum absolute atomic E-state index is 0.717. The van der Waals surface area contributed by atoms with Gasteiger partial charge in [0.15, 0.2) is 0 Å². The van der Waals surface area contributed by atoms with Crippen molar-refractivity contribution in [3.8, 4) is 0 Å². The van der Waals surface area contributed by atoms with Crippen molar-refractivity contribution in [1.29, 1.82) is 0 Å². The number of unbranched alkanes of at least 4 members (excludes halogenated alkanes) is 1. The van der Waals surface area contributed by atoms with Crippen LogP contribution in [0.4, 0.5) is 11.6 Å². The Balaban J connectivity index is 2.76. The van der Waals surface area contributed by atoms with E-state index in [-0.39, 0.29) is 0 Å². The molecule has 4 nitrogen and oxygen atoms in total. The molecule has 0 spiro atoms. The molecule has 17 heavy (non-hydrogen) atoms. The van der Waals surface area contributed by atoms with Gasteiger partial charge in [0, 0.05) is 26.2 Å². The molecule has 0 unspecified atom stereocenters.